The molecule has 0 saturated heterocycles. The Kier molecular flexibility index (Phi) is 3.68. The van der Waals surface area contributed by atoms with Crippen LogP contribution in [0.1, 0.15) is 22.9 Å². The van der Waals surface area contributed by atoms with Gasteiger partial charge in [-0.3, -0.25) is 4.68 Å². The van der Waals surface area contributed by atoms with Gasteiger partial charge in [-0.05, 0) is 37.1 Å². The molecule has 0 aliphatic heterocycles. The van der Waals surface area contributed by atoms with Crippen LogP contribution in [0.25, 0.3) is 0 Å². The van der Waals surface area contributed by atoms with Crippen molar-refractivity contribution in [1.82, 2.24) is 9.78 Å². The van der Waals surface area contributed by atoms with Crippen molar-refractivity contribution >= 4 is 11.6 Å². The lowest BCUT2D eigenvalue weighted by atomic mass is 10.00. The predicted molar refractivity (Wildman–Crippen MR) is 70.0 cm³/mol. The standard InChI is InChI=1S/C13H15ClFN3/c1-8-11(7-18(2)17-8)13(16)6-9-5-10(14)3-4-12(9)15/h3-5,7,13H,6,16H2,1-2H3. The third-order valence-electron chi connectivity index (χ3n) is 2.90. The summed E-state index contributed by atoms with van der Waals surface area (Å²) < 4.78 is 15.3. The van der Waals surface area contributed by atoms with E-state index in [4.69, 9.17) is 17.3 Å². The van der Waals surface area contributed by atoms with Crippen molar-refractivity contribution in [3.8, 4) is 0 Å². The molecular formula is C13H15ClFN3. The summed E-state index contributed by atoms with van der Waals surface area (Å²) in [6, 6.07) is 4.22. The molecular weight excluding hydrogens is 253 g/mol. The van der Waals surface area contributed by atoms with E-state index in [0.29, 0.717) is 17.0 Å². The second kappa shape index (κ2) is 5.08. The molecule has 1 heterocycles. The fourth-order valence-electron chi connectivity index (χ4n) is 2.03. The molecule has 0 radical (unpaired) electrons. The highest BCUT2D eigenvalue weighted by molar-refractivity contribution is 6.30. The van der Waals surface area contributed by atoms with Crippen molar-refractivity contribution in [2.45, 2.75) is 19.4 Å². The zero-order valence-electron chi connectivity index (χ0n) is 10.3. The van der Waals surface area contributed by atoms with Crippen LogP contribution in [-0.4, -0.2) is 9.78 Å². The number of nitrogens with two attached hydrogens (primary N) is 1. The summed E-state index contributed by atoms with van der Waals surface area (Å²) in [6.45, 7) is 1.89. The molecule has 3 nitrogen and oxygen atoms in total. The molecule has 2 rings (SSSR count). The average Bonchev–Trinajstić information content (AvgIpc) is 2.63. The Bertz CT molecular complexity index is 565. The lowest BCUT2D eigenvalue weighted by molar-refractivity contribution is 0.592. The topological polar surface area (TPSA) is 43.8 Å². The third-order valence-corrected chi connectivity index (χ3v) is 3.13. The lowest BCUT2D eigenvalue weighted by Crippen LogP contribution is -2.14. The molecule has 0 fully saturated rings. The number of aromatic nitrogens is 2. The van der Waals surface area contributed by atoms with E-state index in [-0.39, 0.29) is 11.9 Å². The minimum atomic E-state index is -0.285. The normalized spacial score (nSPS) is 12.7. The molecule has 1 atom stereocenters. The minimum Gasteiger partial charge on any atom is -0.324 e. The molecule has 2 aromatic rings. The van der Waals surface area contributed by atoms with E-state index < -0.39 is 0 Å². The van der Waals surface area contributed by atoms with E-state index in [1.54, 1.807) is 10.7 Å². The molecule has 96 valence electrons. The van der Waals surface area contributed by atoms with Gasteiger partial charge in [0.1, 0.15) is 5.82 Å². The van der Waals surface area contributed by atoms with Crippen LogP contribution < -0.4 is 5.73 Å². The molecule has 0 aliphatic rings. The Balaban J connectivity index is 2.23. The van der Waals surface area contributed by atoms with Crippen LogP contribution >= 0.6 is 11.6 Å². The van der Waals surface area contributed by atoms with Crippen LogP contribution in [0.3, 0.4) is 0 Å². The van der Waals surface area contributed by atoms with Crippen LogP contribution in [0, 0.1) is 12.7 Å². The number of aryl methyl sites for hydroxylation is 2. The Morgan fingerprint density at radius 3 is 2.83 bits per heavy atom. The van der Waals surface area contributed by atoms with Gasteiger partial charge in [0.25, 0.3) is 0 Å². The molecule has 1 unspecified atom stereocenters. The summed E-state index contributed by atoms with van der Waals surface area (Å²) in [7, 11) is 1.84. The van der Waals surface area contributed by atoms with Crippen molar-refractivity contribution in [3.05, 3.63) is 52.1 Å². The molecule has 0 saturated carbocycles. The smallest absolute Gasteiger partial charge is 0.126 e. The maximum Gasteiger partial charge on any atom is 0.126 e. The van der Waals surface area contributed by atoms with Gasteiger partial charge in [0.05, 0.1) is 5.69 Å². The van der Waals surface area contributed by atoms with Crippen LogP contribution in [0.15, 0.2) is 24.4 Å². The monoisotopic (exact) mass is 267 g/mol. The van der Waals surface area contributed by atoms with Gasteiger partial charge < -0.3 is 5.73 Å². The van der Waals surface area contributed by atoms with Gasteiger partial charge >= 0.3 is 0 Å². The molecule has 5 heteroatoms. The fraction of sp³-hybridized carbons (Fsp3) is 0.308. The number of rotatable bonds is 3. The van der Waals surface area contributed by atoms with Gasteiger partial charge in [-0.15, -0.1) is 0 Å². The van der Waals surface area contributed by atoms with Crippen LogP contribution in [0.4, 0.5) is 4.39 Å². The van der Waals surface area contributed by atoms with Gasteiger partial charge in [0.15, 0.2) is 0 Å². The Hall–Kier alpha value is -1.39. The zero-order valence-corrected chi connectivity index (χ0v) is 11.1. The Labute approximate surface area is 110 Å². The van der Waals surface area contributed by atoms with Crippen molar-refractivity contribution in [2.24, 2.45) is 12.8 Å². The first-order chi connectivity index (χ1) is 8.47. The van der Waals surface area contributed by atoms with Gasteiger partial charge in [0.2, 0.25) is 0 Å². The second-order valence-corrected chi connectivity index (χ2v) is 4.83. The summed E-state index contributed by atoms with van der Waals surface area (Å²) >= 11 is 5.86. The number of nitrogens with zero attached hydrogens (tertiary/aromatic N) is 2. The van der Waals surface area contributed by atoms with Crippen LogP contribution in [-0.2, 0) is 13.5 Å². The maximum atomic E-state index is 13.6. The van der Waals surface area contributed by atoms with Gasteiger partial charge in [0, 0.05) is 29.9 Å². The fourth-order valence-corrected chi connectivity index (χ4v) is 2.22. The second-order valence-electron chi connectivity index (χ2n) is 4.39. The van der Waals surface area contributed by atoms with E-state index in [9.17, 15) is 4.39 Å². The summed E-state index contributed by atoms with van der Waals surface area (Å²) in [5.74, 6) is -0.281. The number of halogens is 2. The summed E-state index contributed by atoms with van der Waals surface area (Å²) in [4.78, 5) is 0. The SMILES string of the molecule is Cc1nn(C)cc1C(N)Cc1cc(Cl)ccc1F. The largest absolute Gasteiger partial charge is 0.324 e. The first-order valence-electron chi connectivity index (χ1n) is 5.67. The van der Waals surface area contributed by atoms with E-state index >= 15 is 0 Å². The molecule has 1 aromatic carbocycles. The maximum absolute atomic E-state index is 13.6. The van der Waals surface area contributed by atoms with Gasteiger partial charge in [-0.25, -0.2) is 4.39 Å². The minimum absolute atomic E-state index is 0.281. The van der Waals surface area contributed by atoms with E-state index in [0.717, 1.165) is 11.3 Å². The molecule has 1 aromatic heterocycles. The van der Waals surface area contributed by atoms with Gasteiger partial charge in [-0.1, -0.05) is 11.6 Å². The number of hydrogen-bond donors (Lipinski definition) is 1. The first kappa shape index (κ1) is 13.1. The number of benzene rings is 1. The molecule has 0 bridgehead atoms. The Morgan fingerprint density at radius 1 is 1.50 bits per heavy atom. The quantitative estimate of drug-likeness (QED) is 0.929. The first-order valence-corrected chi connectivity index (χ1v) is 6.05. The molecule has 0 amide bonds. The van der Waals surface area contributed by atoms with E-state index in [1.165, 1.54) is 12.1 Å². The third kappa shape index (κ3) is 2.71. The van der Waals surface area contributed by atoms with Crippen molar-refractivity contribution in [2.75, 3.05) is 0 Å². The average molecular weight is 268 g/mol. The van der Waals surface area contributed by atoms with Crippen molar-refractivity contribution < 1.29 is 4.39 Å². The summed E-state index contributed by atoms with van der Waals surface area (Å²) in [5, 5.41) is 4.75. The highest BCUT2D eigenvalue weighted by Gasteiger charge is 2.15. The summed E-state index contributed by atoms with van der Waals surface area (Å²) in [6.07, 6.45) is 2.27. The van der Waals surface area contributed by atoms with Crippen LogP contribution in [0.5, 0.6) is 0 Å². The highest BCUT2D eigenvalue weighted by atomic mass is 35.5. The number of hydrogen-bond acceptors (Lipinski definition) is 2. The van der Waals surface area contributed by atoms with Gasteiger partial charge in [-0.2, -0.15) is 5.10 Å². The molecule has 0 spiro atoms. The lowest BCUT2D eigenvalue weighted by Gasteiger charge is -2.11. The van der Waals surface area contributed by atoms with Crippen molar-refractivity contribution in [3.63, 3.8) is 0 Å². The Morgan fingerprint density at radius 2 is 2.22 bits per heavy atom. The highest BCUT2D eigenvalue weighted by Crippen LogP contribution is 2.22. The molecule has 0 aliphatic carbocycles. The van der Waals surface area contributed by atoms with E-state index in [1.807, 2.05) is 20.2 Å². The van der Waals surface area contributed by atoms with Crippen molar-refractivity contribution in [1.29, 1.82) is 0 Å². The molecule has 2 N–H and O–H groups in total. The zero-order chi connectivity index (χ0) is 13.3. The predicted octanol–water partition coefficient (Wildman–Crippen LogP) is 2.76. The molecule has 18 heavy (non-hydrogen) atoms. The van der Waals surface area contributed by atoms with E-state index in [2.05, 4.69) is 5.10 Å². The summed E-state index contributed by atoms with van der Waals surface area (Å²) in [5.41, 5.74) is 8.42. The van der Waals surface area contributed by atoms with Crippen LogP contribution in [0.2, 0.25) is 5.02 Å².